The number of rotatable bonds is 3. The molecule has 3 heterocycles. The van der Waals surface area contributed by atoms with E-state index in [0.717, 1.165) is 11.6 Å². The number of benzene rings is 2. The lowest BCUT2D eigenvalue weighted by Crippen LogP contribution is -2.07. The molecule has 7 heteroatoms. The minimum atomic E-state index is -4.56. The quantitative estimate of drug-likeness (QED) is 0.301. The van der Waals surface area contributed by atoms with Crippen LogP contribution in [0.25, 0.3) is 38.5 Å². The van der Waals surface area contributed by atoms with Gasteiger partial charge in [0.15, 0.2) is 5.65 Å². The molecule has 5 rings (SSSR count). The smallest absolute Gasteiger partial charge is 0.227 e. The van der Waals surface area contributed by atoms with Crippen LogP contribution in [-0.4, -0.2) is 14.8 Å². The van der Waals surface area contributed by atoms with Gasteiger partial charge in [-0.2, -0.15) is 18.3 Å². The zero-order valence-corrected chi connectivity index (χ0v) is 17.2. The molecule has 0 saturated carbocycles. The van der Waals surface area contributed by atoms with Gasteiger partial charge in [-0.15, -0.1) is 11.3 Å². The van der Waals surface area contributed by atoms with E-state index in [9.17, 15) is 13.2 Å². The van der Waals surface area contributed by atoms with Crippen molar-refractivity contribution in [2.45, 2.75) is 13.1 Å². The largest absolute Gasteiger partial charge is 0.417 e. The van der Waals surface area contributed by atoms with Crippen molar-refractivity contribution >= 4 is 22.4 Å². The van der Waals surface area contributed by atoms with Gasteiger partial charge < -0.3 is 0 Å². The van der Waals surface area contributed by atoms with Gasteiger partial charge in [-0.3, -0.25) is 0 Å². The lowest BCUT2D eigenvalue weighted by molar-refractivity contribution is -0.136. The minimum absolute atomic E-state index is 0.000474. The summed E-state index contributed by atoms with van der Waals surface area (Å²) in [5.41, 5.74) is 2.26. The molecule has 0 radical (unpaired) electrons. The van der Waals surface area contributed by atoms with Crippen LogP contribution >= 0.6 is 11.3 Å². The first-order valence-electron chi connectivity index (χ1n) is 9.59. The van der Waals surface area contributed by atoms with Crippen molar-refractivity contribution in [3.05, 3.63) is 89.3 Å². The average Bonchev–Trinajstić information content (AvgIpc) is 3.42. The van der Waals surface area contributed by atoms with Crippen molar-refractivity contribution in [1.29, 1.82) is 0 Å². The van der Waals surface area contributed by atoms with E-state index < -0.39 is 11.7 Å². The highest BCUT2D eigenvalue weighted by molar-refractivity contribution is 7.13. The van der Waals surface area contributed by atoms with Gasteiger partial charge in [-0.25, -0.2) is 9.67 Å². The predicted molar refractivity (Wildman–Crippen MR) is 117 cm³/mol. The Hall–Kier alpha value is -3.45. The third kappa shape index (κ3) is 3.51. The van der Waals surface area contributed by atoms with E-state index in [-0.39, 0.29) is 22.4 Å². The van der Waals surface area contributed by atoms with Crippen LogP contribution in [0.15, 0.2) is 78.2 Å². The van der Waals surface area contributed by atoms with Crippen molar-refractivity contribution in [3.8, 4) is 27.5 Å². The number of hydrogen-bond acceptors (Lipinski definition) is 3. The molecule has 3 nitrogen and oxygen atoms in total. The Kier molecular flexibility index (Phi) is 4.63. The van der Waals surface area contributed by atoms with E-state index >= 15 is 0 Å². The van der Waals surface area contributed by atoms with Gasteiger partial charge in [0.25, 0.3) is 0 Å². The van der Waals surface area contributed by atoms with Gasteiger partial charge >= 0.3 is 6.18 Å². The molecule has 0 spiro atoms. The highest BCUT2D eigenvalue weighted by atomic mass is 32.1. The van der Waals surface area contributed by atoms with E-state index in [4.69, 9.17) is 0 Å². The van der Waals surface area contributed by atoms with Crippen LogP contribution < -0.4 is 0 Å². The maximum atomic E-state index is 14.2. The highest BCUT2D eigenvalue weighted by Gasteiger charge is 2.36. The fourth-order valence-electron chi connectivity index (χ4n) is 3.55. The summed E-state index contributed by atoms with van der Waals surface area (Å²) >= 11 is 1.35. The number of halogens is 3. The molecule has 0 atom stereocenters. The molecule has 2 aromatic carbocycles. The molecule has 0 aliphatic rings. The Morgan fingerprint density at radius 2 is 1.65 bits per heavy atom. The van der Waals surface area contributed by atoms with Crippen LogP contribution in [0.2, 0.25) is 0 Å². The second kappa shape index (κ2) is 7.35. The molecule has 31 heavy (non-hydrogen) atoms. The van der Waals surface area contributed by atoms with Gasteiger partial charge in [0, 0.05) is 5.56 Å². The summed E-state index contributed by atoms with van der Waals surface area (Å²) in [6, 6.07) is 21.1. The number of fused-ring (bicyclic) bond motifs is 1. The zero-order chi connectivity index (χ0) is 21.6. The van der Waals surface area contributed by atoms with E-state index in [0.29, 0.717) is 16.1 Å². The SMILES string of the molecule is Cc1ccc(-c2nn(-c3ccccc3)c3nc(-c4cccs4)cc(C(F)(F)F)c23)cc1. The molecule has 0 unspecified atom stereocenters. The van der Waals surface area contributed by atoms with Gasteiger partial charge in [-0.05, 0) is 36.6 Å². The van der Waals surface area contributed by atoms with Crippen LogP contribution in [0.5, 0.6) is 0 Å². The molecule has 0 fully saturated rings. The lowest BCUT2D eigenvalue weighted by atomic mass is 10.0. The van der Waals surface area contributed by atoms with E-state index in [1.165, 1.54) is 16.0 Å². The number of para-hydroxylation sites is 1. The third-order valence-electron chi connectivity index (χ3n) is 5.04. The second-order valence-corrected chi connectivity index (χ2v) is 8.14. The fourth-order valence-corrected chi connectivity index (χ4v) is 4.24. The Bertz CT molecular complexity index is 1350. The predicted octanol–water partition coefficient (Wildman–Crippen LogP) is 7.14. The normalized spacial score (nSPS) is 11.9. The fraction of sp³-hybridized carbons (Fsp3) is 0.0833. The number of hydrogen-bond donors (Lipinski definition) is 0. The van der Waals surface area contributed by atoms with Gasteiger partial charge in [-0.1, -0.05) is 54.1 Å². The summed E-state index contributed by atoms with van der Waals surface area (Å²) in [4.78, 5) is 5.31. The Morgan fingerprint density at radius 1 is 0.903 bits per heavy atom. The molecule has 5 aromatic rings. The zero-order valence-electron chi connectivity index (χ0n) is 16.4. The first-order valence-corrected chi connectivity index (χ1v) is 10.5. The van der Waals surface area contributed by atoms with Crippen molar-refractivity contribution in [2.24, 2.45) is 0 Å². The molecule has 0 amide bonds. The minimum Gasteiger partial charge on any atom is -0.227 e. The van der Waals surface area contributed by atoms with E-state index in [2.05, 4.69) is 10.1 Å². The number of thiophene rings is 1. The summed E-state index contributed by atoms with van der Waals surface area (Å²) in [6.07, 6.45) is -4.56. The molecule has 154 valence electrons. The summed E-state index contributed by atoms with van der Waals surface area (Å²) in [5, 5.41) is 6.43. The van der Waals surface area contributed by atoms with Gasteiger partial charge in [0.2, 0.25) is 0 Å². The molecule has 0 aliphatic heterocycles. The summed E-state index contributed by atoms with van der Waals surface area (Å²) in [6.45, 7) is 1.93. The Morgan fingerprint density at radius 3 is 2.29 bits per heavy atom. The number of aryl methyl sites for hydroxylation is 1. The topological polar surface area (TPSA) is 30.7 Å². The summed E-state index contributed by atoms with van der Waals surface area (Å²) in [7, 11) is 0. The molecule has 3 aromatic heterocycles. The maximum absolute atomic E-state index is 14.2. The van der Waals surface area contributed by atoms with E-state index in [1.807, 2.05) is 42.6 Å². The lowest BCUT2D eigenvalue weighted by Gasteiger charge is -2.11. The van der Waals surface area contributed by atoms with Crippen LogP contribution in [-0.2, 0) is 6.18 Å². The maximum Gasteiger partial charge on any atom is 0.417 e. The van der Waals surface area contributed by atoms with Crippen molar-refractivity contribution in [2.75, 3.05) is 0 Å². The third-order valence-corrected chi connectivity index (χ3v) is 5.93. The van der Waals surface area contributed by atoms with Crippen LogP contribution in [0.3, 0.4) is 0 Å². The van der Waals surface area contributed by atoms with Gasteiger partial charge in [0.1, 0.15) is 5.69 Å². The monoisotopic (exact) mass is 435 g/mol. The van der Waals surface area contributed by atoms with Crippen LogP contribution in [0.4, 0.5) is 13.2 Å². The molecule has 0 bridgehead atoms. The molecular formula is C24H16F3N3S. The first kappa shape index (κ1) is 19.5. The molecule has 0 saturated heterocycles. The standard InChI is InChI=1S/C24H16F3N3S/c1-15-9-11-16(12-10-15)22-21-18(24(25,26)27)14-19(20-8-5-13-31-20)28-23(21)30(29-22)17-6-3-2-4-7-17/h2-14H,1H3. The Balaban J connectivity index is 1.90. The van der Waals surface area contributed by atoms with Crippen molar-refractivity contribution in [1.82, 2.24) is 14.8 Å². The average molecular weight is 435 g/mol. The number of alkyl halides is 3. The summed E-state index contributed by atoms with van der Waals surface area (Å²) in [5.74, 6) is 0. The molecular weight excluding hydrogens is 419 g/mol. The molecule has 0 N–H and O–H groups in total. The van der Waals surface area contributed by atoms with E-state index in [1.54, 1.807) is 36.4 Å². The summed E-state index contributed by atoms with van der Waals surface area (Å²) < 4.78 is 44.2. The van der Waals surface area contributed by atoms with Crippen molar-refractivity contribution in [3.63, 3.8) is 0 Å². The number of pyridine rings is 1. The Labute approximate surface area is 180 Å². The van der Waals surface area contributed by atoms with Crippen LogP contribution in [0, 0.1) is 6.92 Å². The first-order chi connectivity index (χ1) is 14.9. The molecule has 0 aliphatic carbocycles. The highest BCUT2D eigenvalue weighted by Crippen LogP contribution is 2.42. The number of nitrogens with zero attached hydrogens (tertiary/aromatic N) is 3. The van der Waals surface area contributed by atoms with Crippen molar-refractivity contribution < 1.29 is 13.2 Å². The second-order valence-electron chi connectivity index (χ2n) is 7.19. The van der Waals surface area contributed by atoms with Crippen LogP contribution in [0.1, 0.15) is 11.1 Å². The number of aromatic nitrogens is 3. The van der Waals surface area contributed by atoms with Gasteiger partial charge in [0.05, 0.1) is 27.2 Å².